The maximum absolute atomic E-state index is 5.49. The van der Waals surface area contributed by atoms with Crippen LogP contribution < -0.4 is 0 Å². The van der Waals surface area contributed by atoms with Gasteiger partial charge < -0.3 is 9.47 Å². The number of fused-ring (bicyclic) bond motifs is 1. The Balaban J connectivity index is 1.54. The zero-order valence-corrected chi connectivity index (χ0v) is 12.6. The summed E-state index contributed by atoms with van der Waals surface area (Å²) in [5.41, 5.74) is 4.58. The van der Waals surface area contributed by atoms with Crippen LogP contribution in [0.2, 0.25) is 0 Å². The third-order valence-electron chi connectivity index (χ3n) is 3.85. The molecule has 0 radical (unpaired) electrons. The lowest BCUT2D eigenvalue weighted by molar-refractivity contribution is -0.0443. The highest BCUT2D eigenvalue weighted by Gasteiger charge is 2.27. The number of thioether (sulfide) groups is 1. The topological polar surface area (TPSA) is 44.2 Å². The fourth-order valence-electron chi connectivity index (χ4n) is 2.73. The SMILES string of the molecule is Cc1ccnc2c1SC(c1ccc(C3OCCO3)cn1)C2. The fourth-order valence-corrected chi connectivity index (χ4v) is 4.04. The second-order valence-electron chi connectivity index (χ2n) is 5.30. The van der Waals surface area contributed by atoms with E-state index in [2.05, 4.69) is 35.1 Å². The molecule has 1 atom stereocenters. The quantitative estimate of drug-likeness (QED) is 0.852. The summed E-state index contributed by atoms with van der Waals surface area (Å²) in [6.45, 7) is 3.46. The van der Waals surface area contributed by atoms with Crippen LogP contribution in [0.1, 0.15) is 34.1 Å². The van der Waals surface area contributed by atoms with Gasteiger partial charge in [-0.3, -0.25) is 9.97 Å². The van der Waals surface area contributed by atoms with E-state index in [9.17, 15) is 0 Å². The first-order valence-electron chi connectivity index (χ1n) is 7.11. The summed E-state index contributed by atoms with van der Waals surface area (Å²) in [6.07, 6.45) is 4.46. The molecule has 21 heavy (non-hydrogen) atoms. The standard InChI is InChI=1S/C16H16N2O2S/c1-10-4-5-17-13-8-14(21-15(10)13)12-3-2-11(9-18-12)16-19-6-7-20-16/h2-5,9,14,16H,6-8H2,1H3. The molecule has 5 heteroatoms. The molecule has 1 unspecified atom stereocenters. The van der Waals surface area contributed by atoms with Crippen molar-refractivity contribution >= 4 is 11.8 Å². The Bertz CT molecular complexity index is 654. The molecule has 0 aromatic carbocycles. The molecule has 2 aromatic heterocycles. The van der Waals surface area contributed by atoms with Crippen LogP contribution in [0, 0.1) is 6.92 Å². The number of rotatable bonds is 2. The monoisotopic (exact) mass is 300 g/mol. The fraction of sp³-hybridized carbons (Fsp3) is 0.375. The number of nitrogens with zero attached hydrogens (tertiary/aromatic N) is 2. The molecule has 0 aliphatic carbocycles. The first-order valence-corrected chi connectivity index (χ1v) is 7.99. The van der Waals surface area contributed by atoms with Crippen LogP contribution in [0.4, 0.5) is 0 Å². The van der Waals surface area contributed by atoms with E-state index in [1.54, 1.807) is 0 Å². The Hall–Kier alpha value is -1.43. The van der Waals surface area contributed by atoms with Crippen molar-refractivity contribution in [3.8, 4) is 0 Å². The van der Waals surface area contributed by atoms with Gasteiger partial charge in [0.25, 0.3) is 0 Å². The van der Waals surface area contributed by atoms with Gasteiger partial charge in [-0.05, 0) is 24.6 Å². The molecule has 2 aliphatic heterocycles. The molecule has 0 amide bonds. The third-order valence-corrected chi connectivity index (χ3v) is 5.33. The lowest BCUT2D eigenvalue weighted by atomic mass is 10.1. The van der Waals surface area contributed by atoms with Gasteiger partial charge in [0.1, 0.15) is 0 Å². The van der Waals surface area contributed by atoms with E-state index in [0.717, 1.165) is 17.7 Å². The van der Waals surface area contributed by atoms with Gasteiger partial charge >= 0.3 is 0 Å². The normalized spacial score (nSPS) is 21.7. The summed E-state index contributed by atoms with van der Waals surface area (Å²) < 4.78 is 11.0. The van der Waals surface area contributed by atoms with Gasteiger partial charge in [0.05, 0.1) is 29.9 Å². The maximum Gasteiger partial charge on any atom is 0.185 e. The predicted molar refractivity (Wildman–Crippen MR) is 80.2 cm³/mol. The Labute approximate surface area is 127 Å². The van der Waals surface area contributed by atoms with Crippen LogP contribution in [0.25, 0.3) is 0 Å². The van der Waals surface area contributed by atoms with Crippen molar-refractivity contribution in [3.05, 3.63) is 53.1 Å². The minimum Gasteiger partial charge on any atom is -0.346 e. The Morgan fingerprint density at radius 2 is 2.00 bits per heavy atom. The van der Waals surface area contributed by atoms with Crippen molar-refractivity contribution in [1.29, 1.82) is 0 Å². The zero-order valence-electron chi connectivity index (χ0n) is 11.8. The van der Waals surface area contributed by atoms with Crippen molar-refractivity contribution in [3.63, 3.8) is 0 Å². The maximum atomic E-state index is 5.49. The molecule has 4 rings (SSSR count). The first-order chi connectivity index (χ1) is 10.3. The van der Waals surface area contributed by atoms with Crippen LogP contribution in [-0.4, -0.2) is 23.2 Å². The van der Waals surface area contributed by atoms with Crippen molar-refractivity contribution in [1.82, 2.24) is 9.97 Å². The number of hydrogen-bond donors (Lipinski definition) is 0. The van der Waals surface area contributed by atoms with Crippen LogP contribution in [0.5, 0.6) is 0 Å². The van der Waals surface area contributed by atoms with Gasteiger partial charge in [0.15, 0.2) is 6.29 Å². The molecule has 4 heterocycles. The highest BCUT2D eigenvalue weighted by atomic mass is 32.2. The van der Waals surface area contributed by atoms with Crippen LogP contribution in [0.3, 0.4) is 0 Å². The van der Waals surface area contributed by atoms with Gasteiger partial charge in [-0.25, -0.2) is 0 Å². The molecule has 4 nitrogen and oxygen atoms in total. The Kier molecular flexibility index (Phi) is 3.41. The number of aromatic nitrogens is 2. The summed E-state index contributed by atoms with van der Waals surface area (Å²) in [7, 11) is 0. The zero-order chi connectivity index (χ0) is 14.2. The average Bonchev–Trinajstić information content (AvgIpc) is 3.18. The molecule has 0 spiro atoms. The minimum absolute atomic E-state index is 0.246. The van der Waals surface area contributed by atoms with Crippen LogP contribution in [-0.2, 0) is 15.9 Å². The lowest BCUT2D eigenvalue weighted by Gasteiger charge is -2.11. The molecular weight excluding hydrogens is 284 g/mol. The van der Waals surface area contributed by atoms with Gasteiger partial charge in [0.2, 0.25) is 0 Å². The second kappa shape index (κ2) is 5.40. The number of pyridine rings is 2. The van der Waals surface area contributed by atoms with Gasteiger partial charge in [-0.15, -0.1) is 11.8 Å². The molecule has 2 aliphatic rings. The van der Waals surface area contributed by atoms with E-state index in [0.29, 0.717) is 18.5 Å². The lowest BCUT2D eigenvalue weighted by Crippen LogP contribution is -2.02. The van der Waals surface area contributed by atoms with Gasteiger partial charge in [-0.1, -0.05) is 6.07 Å². The van der Waals surface area contributed by atoms with Crippen molar-refractivity contribution in [2.45, 2.75) is 29.8 Å². The summed E-state index contributed by atoms with van der Waals surface area (Å²) >= 11 is 1.87. The van der Waals surface area contributed by atoms with Crippen molar-refractivity contribution in [2.75, 3.05) is 13.2 Å². The number of aryl methyl sites for hydroxylation is 1. The van der Waals surface area contributed by atoms with E-state index in [1.807, 2.05) is 24.2 Å². The van der Waals surface area contributed by atoms with E-state index < -0.39 is 0 Å². The number of ether oxygens (including phenoxy) is 2. The van der Waals surface area contributed by atoms with Gasteiger partial charge in [0, 0.05) is 29.3 Å². The van der Waals surface area contributed by atoms with E-state index >= 15 is 0 Å². The molecule has 0 saturated carbocycles. The summed E-state index contributed by atoms with van der Waals surface area (Å²) in [4.78, 5) is 10.4. The van der Waals surface area contributed by atoms with Crippen LogP contribution >= 0.6 is 11.8 Å². The highest BCUT2D eigenvalue weighted by Crippen LogP contribution is 2.46. The predicted octanol–water partition coefficient (Wildman–Crippen LogP) is 3.22. The second-order valence-corrected chi connectivity index (χ2v) is 6.52. The molecule has 108 valence electrons. The molecule has 2 aromatic rings. The molecule has 1 saturated heterocycles. The average molecular weight is 300 g/mol. The van der Waals surface area contributed by atoms with Crippen molar-refractivity contribution in [2.24, 2.45) is 0 Å². The van der Waals surface area contributed by atoms with E-state index in [4.69, 9.17) is 9.47 Å². The molecule has 1 fully saturated rings. The minimum atomic E-state index is -0.246. The summed E-state index contributed by atoms with van der Waals surface area (Å²) in [5.74, 6) is 0. The van der Waals surface area contributed by atoms with Gasteiger partial charge in [-0.2, -0.15) is 0 Å². The van der Waals surface area contributed by atoms with Crippen molar-refractivity contribution < 1.29 is 9.47 Å². The molecular formula is C16H16N2O2S. The largest absolute Gasteiger partial charge is 0.346 e. The summed E-state index contributed by atoms with van der Waals surface area (Å²) in [5, 5.41) is 0.355. The smallest absolute Gasteiger partial charge is 0.185 e. The Morgan fingerprint density at radius 1 is 1.14 bits per heavy atom. The van der Waals surface area contributed by atoms with E-state index in [-0.39, 0.29) is 6.29 Å². The molecule has 0 bridgehead atoms. The highest BCUT2D eigenvalue weighted by molar-refractivity contribution is 8.00. The molecule has 0 N–H and O–H groups in total. The summed E-state index contributed by atoms with van der Waals surface area (Å²) in [6, 6.07) is 6.21. The third kappa shape index (κ3) is 2.46. The van der Waals surface area contributed by atoms with E-state index in [1.165, 1.54) is 16.2 Å². The first kappa shape index (κ1) is 13.2. The Morgan fingerprint density at radius 3 is 2.71 bits per heavy atom. The number of hydrogen-bond acceptors (Lipinski definition) is 5. The van der Waals surface area contributed by atoms with Crippen LogP contribution in [0.15, 0.2) is 35.5 Å².